The van der Waals surface area contributed by atoms with Gasteiger partial charge in [-0.05, 0) is 50.6 Å². The van der Waals surface area contributed by atoms with Gasteiger partial charge in [0.15, 0.2) is 0 Å². The molecule has 0 fully saturated rings. The average molecular weight is 373 g/mol. The van der Waals surface area contributed by atoms with Gasteiger partial charge in [-0.15, -0.1) is 0 Å². The van der Waals surface area contributed by atoms with Gasteiger partial charge in [-0.25, -0.2) is 4.98 Å². The van der Waals surface area contributed by atoms with Gasteiger partial charge in [-0.1, -0.05) is 23.7 Å². The Labute approximate surface area is 157 Å². The Morgan fingerprint density at radius 1 is 1.27 bits per heavy atom. The first-order chi connectivity index (χ1) is 12.2. The summed E-state index contributed by atoms with van der Waals surface area (Å²) in [7, 11) is 0. The fourth-order valence-corrected chi connectivity index (χ4v) is 2.72. The van der Waals surface area contributed by atoms with E-state index >= 15 is 0 Å². The van der Waals surface area contributed by atoms with E-state index in [-0.39, 0.29) is 11.6 Å². The van der Waals surface area contributed by atoms with E-state index in [1.54, 1.807) is 18.2 Å². The lowest BCUT2D eigenvalue weighted by atomic mass is 9.90. The number of nitrogens with one attached hydrogen (secondary N) is 1. The molecule has 0 bridgehead atoms. The van der Waals surface area contributed by atoms with Crippen molar-refractivity contribution in [2.75, 3.05) is 11.9 Å². The van der Waals surface area contributed by atoms with Gasteiger partial charge >= 0.3 is 0 Å². The number of nitrogens with two attached hydrogens (primary N) is 1. The molecule has 1 aliphatic rings. The van der Waals surface area contributed by atoms with Crippen LogP contribution in [0.25, 0.3) is 0 Å². The van der Waals surface area contributed by atoms with Crippen LogP contribution < -0.4 is 11.1 Å². The highest BCUT2D eigenvalue weighted by Crippen LogP contribution is 2.33. The predicted molar refractivity (Wildman–Crippen MR) is 103 cm³/mol. The molecule has 0 spiro atoms. The standard InChI is InChI=1S/C19H21ClN4O2/c1-18(2)17(21)24-19(3,11-26-18)12-5-4-6-14(9-12)23-16(25)15-8-7-13(20)10-22-15/h4-10H,11H2,1-3H3,(H2,21,24)(H,23,25)/t19-/m0/s1. The van der Waals surface area contributed by atoms with E-state index in [1.807, 2.05) is 39.0 Å². The molecule has 0 saturated heterocycles. The minimum absolute atomic E-state index is 0.288. The smallest absolute Gasteiger partial charge is 0.274 e. The van der Waals surface area contributed by atoms with Crippen molar-refractivity contribution in [3.8, 4) is 0 Å². The lowest BCUT2D eigenvalue weighted by Gasteiger charge is -2.38. The quantitative estimate of drug-likeness (QED) is 0.864. The van der Waals surface area contributed by atoms with Crippen molar-refractivity contribution >= 4 is 29.0 Å². The second-order valence-corrected chi connectivity index (χ2v) is 7.40. The summed E-state index contributed by atoms with van der Waals surface area (Å²) in [5.41, 5.74) is 6.71. The van der Waals surface area contributed by atoms with Gasteiger partial charge in [0.1, 0.15) is 22.7 Å². The first-order valence-corrected chi connectivity index (χ1v) is 8.61. The molecule has 2 aromatic rings. The fourth-order valence-electron chi connectivity index (χ4n) is 2.61. The summed E-state index contributed by atoms with van der Waals surface area (Å²) in [6.07, 6.45) is 1.44. The molecule has 0 radical (unpaired) electrons. The summed E-state index contributed by atoms with van der Waals surface area (Å²) in [6.45, 7) is 6.13. The molecule has 1 amide bonds. The molecule has 3 rings (SSSR count). The summed E-state index contributed by atoms with van der Waals surface area (Å²) in [4.78, 5) is 21.0. The van der Waals surface area contributed by atoms with Gasteiger partial charge in [0.25, 0.3) is 5.91 Å². The summed E-state index contributed by atoms with van der Waals surface area (Å²) >= 11 is 5.80. The van der Waals surface area contributed by atoms with Gasteiger partial charge in [0, 0.05) is 11.9 Å². The third kappa shape index (κ3) is 3.71. The number of rotatable bonds is 3. The first-order valence-electron chi connectivity index (χ1n) is 8.23. The molecule has 3 N–H and O–H groups in total. The second-order valence-electron chi connectivity index (χ2n) is 6.97. The van der Waals surface area contributed by atoms with E-state index in [1.165, 1.54) is 6.20 Å². The number of benzene rings is 1. The van der Waals surface area contributed by atoms with E-state index in [2.05, 4.69) is 15.3 Å². The average Bonchev–Trinajstić information content (AvgIpc) is 2.60. The van der Waals surface area contributed by atoms with Crippen LogP contribution in [-0.2, 0) is 10.3 Å². The molecule has 136 valence electrons. The van der Waals surface area contributed by atoms with E-state index in [0.717, 1.165) is 5.56 Å². The maximum absolute atomic E-state index is 12.3. The number of ether oxygens (including phenoxy) is 1. The summed E-state index contributed by atoms with van der Waals surface area (Å²) < 4.78 is 5.88. The van der Waals surface area contributed by atoms with Crippen LogP contribution in [0.2, 0.25) is 5.02 Å². The third-order valence-electron chi connectivity index (χ3n) is 4.40. The molecule has 7 heteroatoms. The minimum atomic E-state index is -0.612. The van der Waals surface area contributed by atoms with Crippen LogP contribution in [0.1, 0.15) is 36.8 Å². The second kappa shape index (κ2) is 6.70. The van der Waals surface area contributed by atoms with Gasteiger partial charge in [0.05, 0.1) is 11.6 Å². The number of hydrogen-bond acceptors (Lipinski definition) is 5. The van der Waals surface area contributed by atoms with Crippen molar-refractivity contribution < 1.29 is 9.53 Å². The molecule has 0 aliphatic carbocycles. The number of carbonyl (C=O) groups excluding carboxylic acids is 1. The van der Waals surface area contributed by atoms with E-state index < -0.39 is 11.1 Å². The van der Waals surface area contributed by atoms with Crippen molar-refractivity contribution in [3.05, 3.63) is 58.9 Å². The summed E-state index contributed by atoms with van der Waals surface area (Å²) in [6, 6.07) is 10.7. The largest absolute Gasteiger partial charge is 0.385 e. The molecular weight excluding hydrogens is 352 g/mol. The number of halogens is 1. The maximum Gasteiger partial charge on any atom is 0.274 e. The number of aromatic nitrogens is 1. The van der Waals surface area contributed by atoms with Crippen LogP contribution >= 0.6 is 11.6 Å². The molecule has 0 unspecified atom stereocenters. The van der Waals surface area contributed by atoms with Gasteiger partial charge in [0.2, 0.25) is 0 Å². The molecule has 1 atom stereocenters. The highest BCUT2D eigenvalue weighted by Gasteiger charge is 2.38. The van der Waals surface area contributed by atoms with Crippen LogP contribution in [-0.4, -0.2) is 28.9 Å². The van der Waals surface area contributed by atoms with Crippen molar-refractivity contribution in [3.63, 3.8) is 0 Å². The predicted octanol–water partition coefficient (Wildman–Crippen LogP) is 3.37. The fraction of sp³-hybridized carbons (Fsp3) is 0.316. The van der Waals surface area contributed by atoms with Crippen LogP contribution in [0.15, 0.2) is 47.6 Å². The summed E-state index contributed by atoms with van der Waals surface area (Å²) in [5.74, 6) is 0.138. The number of amidine groups is 1. The lowest BCUT2D eigenvalue weighted by Crippen LogP contribution is -2.50. The number of aliphatic imine (C=N–C) groups is 1. The van der Waals surface area contributed by atoms with E-state index in [0.29, 0.717) is 23.2 Å². The topological polar surface area (TPSA) is 89.6 Å². The van der Waals surface area contributed by atoms with Gasteiger partial charge < -0.3 is 15.8 Å². The Morgan fingerprint density at radius 2 is 2.04 bits per heavy atom. The van der Waals surface area contributed by atoms with Crippen molar-refractivity contribution in [1.82, 2.24) is 4.98 Å². The Kier molecular flexibility index (Phi) is 4.73. The number of amides is 1. The van der Waals surface area contributed by atoms with Crippen LogP contribution in [0.3, 0.4) is 0 Å². The maximum atomic E-state index is 12.3. The third-order valence-corrected chi connectivity index (χ3v) is 4.62. The Hall–Kier alpha value is -2.44. The number of hydrogen-bond donors (Lipinski definition) is 2. The summed E-state index contributed by atoms with van der Waals surface area (Å²) in [5, 5.41) is 3.32. The van der Waals surface area contributed by atoms with Crippen LogP contribution in [0, 0.1) is 0 Å². The molecule has 0 saturated carbocycles. The van der Waals surface area contributed by atoms with E-state index in [4.69, 9.17) is 22.1 Å². The highest BCUT2D eigenvalue weighted by molar-refractivity contribution is 6.30. The van der Waals surface area contributed by atoms with Gasteiger partial charge in [-0.3, -0.25) is 9.79 Å². The van der Waals surface area contributed by atoms with Gasteiger partial charge in [-0.2, -0.15) is 0 Å². The van der Waals surface area contributed by atoms with Crippen molar-refractivity contribution in [2.24, 2.45) is 10.7 Å². The molecule has 26 heavy (non-hydrogen) atoms. The molecular formula is C19H21ClN4O2. The zero-order valence-electron chi connectivity index (χ0n) is 14.9. The molecule has 1 aliphatic heterocycles. The number of nitrogens with zero attached hydrogens (tertiary/aromatic N) is 2. The molecule has 1 aromatic heterocycles. The highest BCUT2D eigenvalue weighted by atomic mass is 35.5. The minimum Gasteiger partial charge on any atom is -0.385 e. The number of pyridine rings is 1. The van der Waals surface area contributed by atoms with Crippen LogP contribution in [0.4, 0.5) is 5.69 Å². The Balaban J connectivity index is 1.84. The van der Waals surface area contributed by atoms with Crippen LogP contribution in [0.5, 0.6) is 0 Å². The van der Waals surface area contributed by atoms with Crippen molar-refractivity contribution in [1.29, 1.82) is 0 Å². The number of anilines is 1. The zero-order valence-corrected chi connectivity index (χ0v) is 15.7. The SMILES string of the molecule is CC1(C)OC[C@@](C)(c2cccc(NC(=O)c3ccc(Cl)cn3)c2)N=C1N. The monoisotopic (exact) mass is 372 g/mol. The zero-order chi connectivity index (χ0) is 18.9. The molecule has 6 nitrogen and oxygen atoms in total. The molecule has 2 heterocycles. The first kappa shape index (κ1) is 18.4. The Morgan fingerprint density at radius 3 is 2.69 bits per heavy atom. The molecule has 1 aromatic carbocycles. The normalized spacial score (nSPS) is 21.8. The Bertz CT molecular complexity index is 864. The number of carbonyl (C=O) groups is 1. The van der Waals surface area contributed by atoms with E-state index in [9.17, 15) is 4.79 Å². The lowest BCUT2D eigenvalue weighted by molar-refractivity contribution is -0.00866. The van der Waals surface area contributed by atoms with Crippen molar-refractivity contribution in [2.45, 2.75) is 31.9 Å².